The summed E-state index contributed by atoms with van der Waals surface area (Å²) < 4.78 is 1.66. The molecule has 6 heteroatoms. The van der Waals surface area contributed by atoms with Gasteiger partial charge in [0.1, 0.15) is 5.69 Å². The van der Waals surface area contributed by atoms with Crippen LogP contribution in [0, 0.1) is 0 Å². The fourth-order valence-electron chi connectivity index (χ4n) is 1.78. The first-order valence-corrected chi connectivity index (χ1v) is 5.22. The molecule has 17 heavy (non-hydrogen) atoms. The largest absolute Gasteiger partial charge is 0.392 e. The van der Waals surface area contributed by atoms with Gasteiger partial charge in [0.25, 0.3) is 0 Å². The van der Waals surface area contributed by atoms with Crippen LogP contribution in [0.4, 0.5) is 0 Å². The van der Waals surface area contributed by atoms with E-state index in [0.29, 0.717) is 0 Å². The molecule has 1 aromatic carbocycles. The van der Waals surface area contributed by atoms with Gasteiger partial charge in [0.2, 0.25) is 0 Å². The Hall–Kier alpha value is -2.21. The van der Waals surface area contributed by atoms with Gasteiger partial charge in [0.15, 0.2) is 5.82 Å². The first-order valence-electron chi connectivity index (χ1n) is 5.22. The number of hydrogen-bond donors (Lipinski definition) is 2. The molecule has 0 atom stereocenters. The van der Waals surface area contributed by atoms with Gasteiger partial charge >= 0.3 is 0 Å². The number of aliphatic hydroxyl groups is 1. The van der Waals surface area contributed by atoms with Crippen LogP contribution in [0.3, 0.4) is 0 Å². The first-order chi connectivity index (χ1) is 8.28. The van der Waals surface area contributed by atoms with E-state index in [9.17, 15) is 0 Å². The predicted molar refractivity (Wildman–Crippen MR) is 62.0 cm³/mol. The lowest BCUT2D eigenvalue weighted by Crippen LogP contribution is -1.94. The van der Waals surface area contributed by atoms with Gasteiger partial charge in [-0.05, 0) is 17.7 Å². The molecule has 0 unspecified atom stereocenters. The van der Waals surface area contributed by atoms with Crippen LogP contribution < -0.4 is 0 Å². The topological polar surface area (TPSA) is 79.6 Å². The second-order valence-corrected chi connectivity index (χ2v) is 3.84. The highest BCUT2D eigenvalue weighted by Crippen LogP contribution is 2.19. The quantitative estimate of drug-likeness (QED) is 0.682. The number of aliphatic hydroxyl groups excluding tert-OH is 1. The van der Waals surface area contributed by atoms with E-state index in [-0.39, 0.29) is 6.61 Å². The van der Waals surface area contributed by atoms with Crippen LogP contribution in [0.25, 0.3) is 22.6 Å². The average molecular weight is 229 g/mol. The maximum atomic E-state index is 9.07. The molecule has 0 amide bonds. The van der Waals surface area contributed by atoms with E-state index in [1.807, 2.05) is 25.2 Å². The number of nitrogens with one attached hydrogen (secondary N) is 1. The molecule has 0 saturated carbocycles. The molecule has 3 rings (SSSR count). The maximum absolute atomic E-state index is 9.07. The highest BCUT2D eigenvalue weighted by atomic mass is 16.3. The van der Waals surface area contributed by atoms with Gasteiger partial charge in [-0.25, -0.2) is 9.67 Å². The van der Waals surface area contributed by atoms with Crippen LogP contribution in [0.5, 0.6) is 0 Å². The number of rotatable bonds is 2. The molecule has 0 aliphatic heterocycles. The normalized spacial score (nSPS) is 11.2. The lowest BCUT2D eigenvalue weighted by atomic mass is 10.2. The third kappa shape index (κ3) is 1.58. The zero-order valence-electron chi connectivity index (χ0n) is 9.25. The monoisotopic (exact) mass is 229 g/mol. The minimum Gasteiger partial charge on any atom is -0.392 e. The molecule has 0 radical (unpaired) electrons. The maximum Gasteiger partial charge on any atom is 0.158 e. The van der Waals surface area contributed by atoms with Gasteiger partial charge in [0.05, 0.1) is 23.8 Å². The van der Waals surface area contributed by atoms with E-state index in [4.69, 9.17) is 5.11 Å². The highest BCUT2D eigenvalue weighted by Gasteiger charge is 2.09. The van der Waals surface area contributed by atoms with Crippen molar-refractivity contribution < 1.29 is 5.11 Å². The summed E-state index contributed by atoms with van der Waals surface area (Å²) in [6.07, 6.45) is 1.66. The van der Waals surface area contributed by atoms with Crippen LogP contribution in [-0.2, 0) is 13.7 Å². The third-order valence-corrected chi connectivity index (χ3v) is 2.69. The molecule has 2 heterocycles. The molecule has 6 nitrogen and oxygen atoms in total. The zero-order chi connectivity index (χ0) is 11.8. The van der Waals surface area contributed by atoms with E-state index in [1.54, 1.807) is 10.9 Å². The number of hydrogen-bond acceptors (Lipinski definition) is 4. The van der Waals surface area contributed by atoms with E-state index in [0.717, 1.165) is 28.1 Å². The van der Waals surface area contributed by atoms with Gasteiger partial charge in [0, 0.05) is 7.05 Å². The molecule has 0 aliphatic carbocycles. The van der Waals surface area contributed by atoms with Gasteiger partial charge in [-0.15, -0.1) is 5.10 Å². The number of nitrogens with zero attached hydrogens (tertiary/aromatic N) is 4. The van der Waals surface area contributed by atoms with Crippen molar-refractivity contribution in [2.45, 2.75) is 6.61 Å². The van der Waals surface area contributed by atoms with Crippen molar-refractivity contribution in [1.29, 1.82) is 0 Å². The summed E-state index contributed by atoms with van der Waals surface area (Å²) in [4.78, 5) is 7.64. The predicted octanol–water partition coefficient (Wildman–Crippen LogP) is 0.851. The Morgan fingerprint density at radius 3 is 3.00 bits per heavy atom. The summed E-state index contributed by atoms with van der Waals surface area (Å²) in [5.41, 5.74) is 3.44. The standard InChI is InChI=1S/C11H11N5O/c1-16-10(5-12-15-16)11-13-8-3-2-7(6-17)4-9(8)14-11/h2-5,17H,6H2,1H3,(H,13,14). The Morgan fingerprint density at radius 1 is 1.41 bits per heavy atom. The lowest BCUT2D eigenvalue weighted by molar-refractivity contribution is 0.282. The number of imidazole rings is 1. The summed E-state index contributed by atoms with van der Waals surface area (Å²) in [5, 5.41) is 16.8. The lowest BCUT2D eigenvalue weighted by Gasteiger charge is -1.94. The third-order valence-electron chi connectivity index (χ3n) is 2.69. The van der Waals surface area contributed by atoms with Gasteiger partial charge in [-0.3, -0.25) is 0 Å². The minimum atomic E-state index is 0.0254. The Morgan fingerprint density at radius 2 is 2.29 bits per heavy atom. The Kier molecular flexibility index (Phi) is 2.15. The number of H-pyrrole nitrogens is 1. The molecule has 86 valence electrons. The molecular formula is C11H11N5O. The summed E-state index contributed by atoms with van der Waals surface area (Å²) in [7, 11) is 1.81. The van der Waals surface area contributed by atoms with E-state index < -0.39 is 0 Å². The molecule has 3 aromatic rings. The van der Waals surface area contributed by atoms with Crippen molar-refractivity contribution in [3.05, 3.63) is 30.0 Å². The van der Waals surface area contributed by atoms with Crippen LogP contribution >= 0.6 is 0 Å². The van der Waals surface area contributed by atoms with E-state index in [1.165, 1.54) is 0 Å². The Labute approximate surface area is 96.9 Å². The molecule has 0 saturated heterocycles. The van der Waals surface area contributed by atoms with Gasteiger partial charge in [-0.1, -0.05) is 11.3 Å². The molecule has 2 aromatic heterocycles. The molecule has 2 N–H and O–H groups in total. The van der Waals surface area contributed by atoms with Crippen molar-refractivity contribution in [2.75, 3.05) is 0 Å². The van der Waals surface area contributed by atoms with E-state index in [2.05, 4.69) is 20.3 Å². The number of aryl methyl sites for hydroxylation is 1. The van der Waals surface area contributed by atoms with Crippen LogP contribution in [0.15, 0.2) is 24.4 Å². The Bertz CT molecular complexity index is 669. The summed E-state index contributed by atoms with van der Waals surface area (Å²) >= 11 is 0. The fourth-order valence-corrected chi connectivity index (χ4v) is 1.78. The molecular weight excluding hydrogens is 218 g/mol. The summed E-state index contributed by atoms with van der Waals surface area (Å²) in [6.45, 7) is 0.0254. The molecule has 0 spiro atoms. The SMILES string of the molecule is Cn1nncc1-c1nc2ccc(CO)cc2[nH]1. The average Bonchev–Trinajstić information content (AvgIpc) is 2.93. The molecule has 0 bridgehead atoms. The van der Waals surface area contributed by atoms with Crippen molar-refractivity contribution in [2.24, 2.45) is 7.05 Å². The summed E-state index contributed by atoms with van der Waals surface area (Å²) in [5.74, 6) is 0.725. The van der Waals surface area contributed by atoms with Crippen molar-refractivity contribution in [3.63, 3.8) is 0 Å². The van der Waals surface area contributed by atoms with Crippen LogP contribution in [-0.4, -0.2) is 30.1 Å². The zero-order valence-corrected chi connectivity index (χ0v) is 9.25. The van der Waals surface area contributed by atoms with Crippen molar-refractivity contribution in [3.8, 4) is 11.5 Å². The molecule has 0 fully saturated rings. The fraction of sp³-hybridized carbons (Fsp3) is 0.182. The van der Waals surface area contributed by atoms with E-state index >= 15 is 0 Å². The van der Waals surface area contributed by atoms with Gasteiger partial charge in [-0.2, -0.15) is 0 Å². The Balaban J connectivity index is 2.17. The van der Waals surface area contributed by atoms with Crippen LogP contribution in [0.1, 0.15) is 5.56 Å². The first kappa shape index (κ1) is 9.98. The second-order valence-electron chi connectivity index (χ2n) is 3.84. The highest BCUT2D eigenvalue weighted by molar-refractivity contribution is 5.79. The minimum absolute atomic E-state index is 0.0254. The smallest absolute Gasteiger partial charge is 0.158 e. The second kappa shape index (κ2) is 3.67. The number of benzene rings is 1. The number of fused-ring (bicyclic) bond motifs is 1. The summed E-state index contributed by atoms with van der Waals surface area (Å²) in [6, 6.07) is 5.62. The van der Waals surface area contributed by atoms with Gasteiger partial charge < -0.3 is 10.1 Å². The van der Waals surface area contributed by atoms with Crippen molar-refractivity contribution in [1.82, 2.24) is 25.0 Å². The molecule has 0 aliphatic rings. The number of aromatic amines is 1. The van der Waals surface area contributed by atoms with Crippen LogP contribution in [0.2, 0.25) is 0 Å². The number of aromatic nitrogens is 5. The van der Waals surface area contributed by atoms with Crippen molar-refractivity contribution >= 4 is 11.0 Å².